The lowest BCUT2D eigenvalue weighted by Gasteiger charge is -2.12. The molecule has 0 spiro atoms. The summed E-state index contributed by atoms with van der Waals surface area (Å²) in [6, 6.07) is 9.57. The molecule has 1 amide bonds. The molecular formula is C17H28BClN6O3. The van der Waals surface area contributed by atoms with Gasteiger partial charge in [0.25, 0.3) is 0 Å². The van der Waals surface area contributed by atoms with Crippen LogP contribution >= 0.6 is 12.4 Å². The van der Waals surface area contributed by atoms with Crippen LogP contribution in [0.1, 0.15) is 43.1 Å². The largest absolute Gasteiger partial charge is 0.451 e. The van der Waals surface area contributed by atoms with Gasteiger partial charge < -0.3 is 21.1 Å². The maximum Gasteiger partial charge on any atom is 0.451 e. The Kier molecular flexibility index (Phi) is 11.3. The molecule has 154 valence electrons. The van der Waals surface area contributed by atoms with Crippen LogP contribution < -0.4 is 11.1 Å². The van der Waals surface area contributed by atoms with Crippen molar-refractivity contribution in [1.29, 1.82) is 0 Å². The minimum atomic E-state index is -1.26. The summed E-state index contributed by atoms with van der Waals surface area (Å²) in [5.41, 5.74) is 7.30. The van der Waals surface area contributed by atoms with E-state index < -0.39 is 7.12 Å². The highest BCUT2D eigenvalue weighted by Gasteiger charge is 2.17. The lowest BCUT2D eigenvalue weighted by Crippen LogP contribution is -2.31. The van der Waals surface area contributed by atoms with Crippen LogP contribution in [0.2, 0.25) is 6.32 Å². The van der Waals surface area contributed by atoms with Crippen LogP contribution in [0.4, 0.5) is 0 Å². The van der Waals surface area contributed by atoms with Crippen molar-refractivity contribution in [2.75, 3.05) is 6.54 Å². The SMILES string of the molecule is Cl.NC(CCCCCB(O)O)c1nnnn1CC(=O)NCCc1ccccc1. The van der Waals surface area contributed by atoms with Gasteiger partial charge in [0.2, 0.25) is 5.91 Å². The number of unbranched alkanes of at least 4 members (excludes halogenated alkanes) is 2. The monoisotopic (exact) mass is 410 g/mol. The number of nitrogens with one attached hydrogen (secondary N) is 1. The summed E-state index contributed by atoms with van der Waals surface area (Å²) >= 11 is 0. The van der Waals surface area contributed by atoms with Gasteiger partial charge in [0.15, 0.2) is 5.82 Å². The molecule has 0 radical (unpaired) electrons. The van der Waals surface area contributed by atoms with Gasteiger partial charge in [0, 0.05) is 6.54 Å². The summed E-state index contributed by atoms with van der Waals surface area (Å²) in [4.78, 5) is 12.1. The summed E-state index contributed by atoms with van der Waals surface area (Å²) in [6.07, 6.45) is 4.17. The standard InChI is InChI=1S/C17H27BN6O3.ClH/c19-15(9-5-2-6-11-18(26)27)17-21-22-23-24(17)13-16(25)20-12-10-14-7-3-1-4-8-14;/h1,3-4,7-8,15,26-27H,2,5-6,9-13,19H2,(H,20,25);1H. The van der Waals surface area contributed by atoms with Crippen molar-refractivity contribution in [3.63, 3.8) is 0 Å². The molecule has 1 aromatic carbocycles. The quantitative estimate of drug-likeness (QED) is 0.295. The van der Waals surface area contributed by atoms with Crippen molar-refractivity contribution in [2.24, 2.45) is 5.73 Å². The van der Waals surface area contributed by atoms with Crippen molar-refractivity contribution < 1.29 is 14.8 Å². The van der Waals surface area contributed by atoms with Crippen molar-refractivity contribution in [1.82, 2.24) is 25.5 Å². The average Bonchev–Trinajstić information content (AvgIpc) is 3.10. The number of amides is 1. The lowest BCUT2D eigenvalue weighted by molar-refractivity contribution is -0.121. The third kappa shape index (κ3) is 8.79. The molecule has 0 saturated carbocycles. The molecule has 1 aromatic heterocycles. The minimum Gasteiger partial charge on any atom is -0.427 e. The highest BCUT2D eigenvalue weighted by molar-refractivity contribution is 6.40. The average molecular weight is 411 g/mol. The topological polar surface area (TPSA) is 139 Å². The first-order valence-electron chi connectivity index (χ1n) is 9.24. The maximum absolute atomic E-state index is 12.1. The molecule has 5 N–H and O–H groups in total. The molecule has 2 aromatic rings. The second-order valence-corrected chi connectivity index (χ2v) is 6.51. The zero-order chi connectivity index (χ0) is 19.5. The molecule has 2 rings (SSSR count). The summed E-state index contributed by atoms with van der Waals surface area (Å²) in [5, 5.41) is 31.9. The molecule has 0 saturated heterocycles. The molecule has 0 aliphatic heterocycles. The normalized spacial score (nSPS) is 11.5. The molecule has 1 unspecified atom stereocenters. The van der Waals surface area contributed by atoms with E-state index in [1.165, 1.54) is 4.68 Å². The molecule has 0 aliphatic rings. The van der Waals surface area contributed by atoms with Crippen LogP contribution in [-0.4, -0.2) is 49.8 Å². The van der Waals surface area contributed by atoms with Crippen molar-refractivity contribution in [3.8, 4) is 0 Å². The summed E-state index contributed by atoms with van der Waals surface area (Å²) < 4.78 is 1.43. The maximum atomic E-state index is 12.1. The van der Waals surface area contributed by atoms with Crippen LogP contribution in [0.25, 0.3) is 0 Å². The Morgan fingerprint density at radius 3 is 2.68 bits per heavy atom. The molecule has 0 bridgehead atoms. The minimum absolute atomic E-state index is 0. The predicted molar refractivity (Wildman–Crippen MR) is 109 cm³/mol. The molecule has 1 atom stereocenters. The Hall–Kier alpha value is -2.01. The van der Waals surface area contributed by atoms with E-state index in [9.17, 15) is 4.79 Å². The first-order chi connectivity index (χ1) is 13.1. The molecule has 11 heteroatoms. The van der Waals surface area contributed by atoms with Crippen LogP contribution in [0.15, 0.2) is 30.3 Å². The van der Waals surface area contributed by atoms with Crippen molar-refractivity contribution in [3.05, 3.63) is 41.7 Å². The molecule has 28 heavy (non-hydrogen) atoms. The van der Waals surface area contributed by atoms with E-state index >= 15 is 0 Å². The molecule has 9 nitrogen and oxygen atoms in total. The van der Waals surface area contributed by atoms with Gasteiger partial charge in [-0.3, -0.25) is 4.79 Å². The first-order valence-corrected chi connectivity index (χ1v) is 9.24. The van der Waals surface area contributed by atoms with Gasteiger partial charge in [0.1, 0.15) is 6.54 Å². The number of hydrogen-bond donors (Lipinski definition) is 4. The van der Waals surface area contributed by atoms with Crippen LogP contribution in [-0.2, 0) is 17.8 Å². The van der Waals surface area contributed by atoms with Gasteiger partial charge >= 0.3 is 7.12 Å². The van der Waals surface area contributed by atoms with Gasteiger partial charge in [-0.15, -0.1) is 17.5 Å². The Bertz CT molecular complexity index is 689. The Morgan fingerprint density at radius 1 is 1.21 bits per heavy atom. The molecule has 0 aliphatic carbocycles. The number of nitrogens with two attached hydrogens (primary N) is 1. The number of carbonyl (C=O) groups is 1. The fourth-order valence-electron chi connectivity index (χ4n) is 2.77. The Morgan fingerprint density at radius 2 is 1.96 bits per heavy atom. The number of benzene rings is 1. The Balaban J connectivity index is 0.00000392. The zero-order valence-corrected chi connectivity index (χ0v) is 16.6. The second-order valence-electron chi connectivity index (χ2n) is 6.51. The van der Waals surface area contributed by atoms with E-state index in [2.05, 4.69) is 20.8 Å². The van der Waals surface area contributed by atoms with Gasteiger partial charge in [-0.25, -0.2) is 4.68 Å². The molecule has 1 heterocycles. The van der Waals surface area contributed by atoms with Crippen LogP contribution in [0.3, 0.4) is 0 Å². The fraction of sp³-hybridized carbons (Fsp3) is 0.529. The smallest absolute Gasteiger partial charge is 0.427 e. The summed E-state index contributed by atoms with van der Waals surface area (Å²) in [5.74, 6) is 0.319. The van der Waals surface area contributed by atoms with Gasteiger partial charge in [-0.1, -0.05) is 49.6 Å². The van der Waals surface area contributed by atoms with E-state index in [1.807, 2.05) is 30.3 Å². The van der Waals surface area contributed by atoms with E-state index in [0.29, 0.717) is 25.1 Å². The number of aromatic nitrogens is 4. The number of nitrogens with zero attached hydrogens (tertiary/aromatic N) is 4. The molecule has 0 fully saturated rings. The van der Waals surface area contributed by atoms with Crippen molar-refractivity contribution in [2.45, 2.75) is 51.0 Å². The molecular weight excluding hydrogens is 382 g/mol. The van der Waals surface area contributed by atoms with Crippen LogP contribution in [0, 0.1) is 0 Å². The second kappa shape index (κ2) is 13.2. The van der Waals surface area contributed by atoms with Crippen LogP contribution in [0.5, 0.6) is 0 Å². The Labute approximate surface area is 171 Å². The number of carbonyl (C=O) groups excluding carboxylic acids is 1. The predicted octanol–water partition coefficient (Wildman–Crippen LogP) is 0.487. The third-order valence-electron chi connectivity index (χ3n) is 4.24. The van der Waals surface area contributed by atoms with E-state index in [-0.39, 0.29) is 30.9 Å². The number of rotatable bonds is 12. The van der Waals surface area contributed by atoms with E-state index in [4.69, 9.17) is 15.8 Å². The zero-order valence-electron chi connectivity index (χ0n) is 15.8. The van der Waals surface area contributed by atoms with Gasteiger partial charge in [0.05, 0.1) is 6.04 Å². The highest BCUT2D eigenvalue weighted by Crippen LogP contribution is 2.15. The highest BCUT2D eigenvalue weighted by atomic mass is 35.5. The third-order valence-corrected chi connectivity index (χ3v) is 4.24. The van der Waals surface area contributed by atoms with Gasteiger partial charge in [-0.05, 0) is 35.2 Å². The number of halogens is 1. The summed E-state index contributed by atoms with van der Waals surface area (Å²) in [6.45, 7) is 0.574. The van der Waals surface area contributed by atoms with E-state index in [0.717, 1.165) is 31.2 Å². The number of hydrogen-bond acceptors (Lipinski definition) is 7. The first kappa shape index (κ1) is 24.0. The van der Waals surface area contributed by atoms with Gasteiger partial charge in [-0.2, -0.15) is 0 Å². The van der Waals surface area contributed by atoms with E-state index in [1.54, 1.807) is 0 Å². The summed E-state index contributed by atoms with van der Waals surface area (Å²) in [7, 11) is -1.26. The lowest BCUT2D eigenvalue weighted by atomic mass is 9.83. The fourth-order valence-corrected chi connectivity index (χ4v) is 2.77. The van der Waals surface area contributed by atoms with Crippen molar-refractivity contribution >= 4 is 25.4 Å². The number of tetrazole rings is 1.